The first kappa shape index (κ1) is 20.1. The van der Waals surface area contributed by atoms with Crippen molar-refractivity contribution in [3.8, 4) is 6.01 Å². The van der Waals surface area contributed by atoms with Crippen molar-refractivity contribution < 1.29 is 14.3 Å². The maximum Gasteiger partial charge on any atom is 0.327 e. The van der Waals surface area contributed by atoms with Crippen molar-refractivity contribution in [2.75, 3.05) is 32.5 Å². The molecule has 0 radical (unpaired) electrons. The lowest BCUT2D eigenvalue weighted by Gasteiger charge is -2.22. The summed E-state index contributed by atoms with van der Waals surface area (Å²) in [6.07, 6.45) is 4.35. The van der Waals surface area contributed by atoms with Gasteiger partial charge in [0.15, 0.2) is 11.5 Å². The Labute approximate surface area is 163 Å². The summed E-state index contributed by atoms with van der Waals surface area (Å²) in [7, 11) is 1.41. The van der Waals surface area contributed by atoms with E-state index in [2.05, 4.69) is 26.8 Å². The Hall–Kier alpha value is -2.62. The predicted molar refractivity (Wildman–Crippen MR) is 104 cm³/mol. The summed E-state index contributed by atoms with van der Waals surface area (Å²) in [5.41, 5.74) is 6.54. The second kappa shape index (κ2) is 9.05. The van der Waals surface area contributed by atoms with Gasteiger partial charge in [0.2, 0.25) is 0 Å². The van der Waals surface area contributed by atoms with Gasteiger partial charge in [-0.2, -0.15) is 9.97 Å². The van der Waals surface area contributed by atoms with Crippen LogP contribution in [-0.4, -0.2) is 63.2 Å². The average Bonchev–Trinajstić information content (AvgIpc) is 3.27. The summed E-state index contributed by atoms with van der Waals surface area (Å²) in [4.78, 5) is 37.5. The number of esters is 1. The Kier molecular flexibility index (Phi) is 6.50. The maximum atomic E-state index is 12.4. The molecule has 2 aromatic heterocycles. The molecule has 2 aromatic rings. The van der Waals surface area contributed by atoms with Gasteiger partial charge in [-0.1, -0.05) is 13.3 Å². The highest BCUT2D eigenvalue weighted by molar-refractivity contribution is 5.81. The number of nitrogens with one attached hydrogen (secondary N) is 1. The number of imidazole rings is 1. The normalized spacial score (nSPS) is 17.3. The van der Waals surface area contributed by atoms with Crippen molar-refractivity contribution in [3.63, 3.8) is 0 Å². The van der Waals surface area contributed by atoms with Gasteiger partial charge in [-0.15, -0.1) is 0 Å². The number of H-pyrrole nitrogens is 1. The molecule has 0 spiro atoms. The SMILES string of the molecule is CCCCOc1nc(N)c2[nH]c(=O)n(CCCN3CCCC3C(=O)OC)c2n1. The lowest BCUT2D eigenvalue weighted by atomic mass is 10.2. The molecule has 28 heavy (non-hydrogen) atoms. The van der Waals surface area contributed by atoms with Crippen LogP contribution in [0.15, 0.2) is 4.79 Å². The van der Waals surface area contributed by atoms with E-state index in [4.69, 9.17) is 15.2 Å². The van der Waals surface area contributed by atoms with Gasteiger partial charge in [-0.25, -0.2) is 4.79 Å². The van der Waals surface area contributed by atoms with Gasteiger partial charge in [0.1, 0.15) is 11.6 Å². The summed E-state index contributed by atoms with van der Waals surface area (Å²) in [6.45, 7) is 4.57. The molecule has 1 fully saturated rings. The zero-order chi connectivity index (χ0) is 20.1. The number of likely N-dealkylation sites (tertiary alicyclic amines) is 1. The quantitative estimate of drug-likeness (QED) is 0.476. The molecule has 0 aliphatic carbocycles. The minimum absolute atomic E-state index is 0.177. The molecule has 3 rings (SSSR count). The van der Waals surface area contributed by atoms with Crippen LogP contribution in [0.1, 0.15) is 39.0 Å². The van der Waals surface area contributed by atoms with Gasteiger partial charge in [0.25, 0.3) is 0 Å². The van der Waals surface area contributed by atoms with Crippen molar-refractivity contribution in [2.45, 2.75) is 51.6 Å². The zero-order valence-electron chi connectivity index (χ0n) is 16.4. The van der Waals surface area contributed by atoms with Crippen LogP contribution in [0.25, 0.3) is 11.2 Å². The number of aromatic nitrogens is 4. The van der Waals surface area contributed by atoms with Crippen molar-refractivity contribution in [1.29, 1.82) is 0 Å². The summed E-state index contributed by atoms with van der Waals surface area (Å²) < 4.78 is 12.0. The number of nitrogen functional groups attached to an aromatic ring is 1. The van der Waals surface area contributed by atoms with Gasteiger partial charge < -0.3 is 20.2 Å². The van der Waals surface area contributed by atoms with Gasteiger partial charge in [-0.05, 0) is 32.2 Å². The lowest BCUT2D eigenvalue weighted by molar-refractivity contribution is -0.145. The van der Waals surface area contributed by atoms with Gasteiger partial charge in [0.05, 0.1) is 13.7 Å². The Morgan fingerprint density at radius 1 is 1.32 bits per heavy atom. The summed E-state index contributed by atoms with van der Waals surface area (Å²) in [6, 6.07) is -0.0160. The smallest absolute Gasteiger partial charge is 0.327 e. The molecule has 1 aliphatic rings. The average molecular weight is 392 g/mol. The second-order valence-corrected chi connectivity index (χ2v) is 6.94. The number of carbonyl (C=O) groups excluding carboxylic acids is 1. The van der Waals surface area contributed by atoms with E-state index in [1.165, 1.54) is 7.11 Å². The van der Waals surface area contributed by atoms with E-state index in [-0.39, 0.29) is 29.5 Å². The number of unbranched alkanes of at least 4 members (excludes halogenated alkanes) is 1. The molecule has 0 amide bonds. The number of aromatic amines is 1. The first-order valence-electron chi connectivity index (χ1n) is 9.75. The monoisotopic (exact) mass is 392 g/mol. The molecular formula is C18H28N6O4. The molecule has 0 saturated carbocycles. The number of methoxy groups -OCH3 is 1. The molecular weight excluding hydrogens is 364 g/mol. The summed E-state index contributed by atoms with van der Waals surface area (Å²) >= 11 is 0. The predicted octanol–water partition coefficient (Wildman–Crippen LogP) is 0.908. The maximum absolute atomic E-state index is 12.4. The third kappa shape index (κ3) is 4.27. The molecule has 1 saturated heterocycles. The van der Waals surface area contributed by atoms with Crippen LogP contribution in [0.3, 0.4) is 0 Å². The molecule has 154 valence electrons. The number of ether oxygens (including phenoxy) is 2. The standard InChI is InChI=1S/C18H28N6O4/c1-3-4-11-28-17-21-14(19)13-15(22-17)24(18(26)20-13)10-6-9-23-8-5-7-12(23)16(25)27-2/h12H,3-11H2,1-2H3,(H,20,26)(H2,19,21,22). The van der Waals surface area contributed by atoms with E-state index in [1.54, 1.807) is 4.57 Å². The van der Waals surface area contributed by atoms with Crippen molar-refractivity contribution in [1.82, 2.24) is 24.4 Å². The topological polar surface area (TPSA) is 128 Å². The largest absolute Gasteiger partial charge is 0.468 e. The minimum Gasteiger partial charge on any atom is -0.468 e. The Morgan fingerprint density at radius 2 is 2.14 bits per heavy atom. The van der Waals surface area contributed by atoms with Crippen LogP contribution in [0.5, 0.6) is 6.01 Å². The van der Waals surface area contributed by atoms with Crippen molar-refractivity contribution >= 4 is 23.0 Å². The highest BCUT2D eigenvalue weighted by atomic mass is 16.5. The van der Waals surface area contributed by atoms with E-state index in [0.29, 0.717) is 37.3 Å². The third-order valence-corrected chi connectivity index (χ3v) is 5.02. The van der Waals surface area contributed by atoms with Crippen molar-refractivity contribution in [3.05, 3.63) is 10.5 Å². The van der Waals surface area contributed by atoms with Crippen LogP contribution in [0.2, 0.25) is 0 Å². The number of hydrogen-bond donors (Lipinski definition) is 2. The fraction of sp³-hybridized carbons (Fsp3) is 0.667. The Morgan fingerprint density at radius 3 is 2.89 bits per heavy atom. The Balaban J connectivity index is 1.71. The van der Waals surface area contributed by atoms with Gasteiger partial charge >= 0.3 is 17.7 Å². The molecule has 10 nitrogen and oxygen atoms in total. The number of aryl methyl sites for hydroxylation is 1. The number of rotatable bonds is 9. The van der Waals surface area contributed by atoms with Crippen LogP contribution in [0.4, 0.5) is 5.82 Å². The van der Waals surface area contributed by atoms with E-state index in [0.717, 1.165) is 32.2 Å². The molecule has 1 unspecified atom stereocenters. The van der Waals surface area contributed by atoms with Crippen molar-refractivity contribution in [2.24, 2.45) is 0 Å². The molecule has 1 aliphatic heterocycles. The molecule has 1 atom stereocenters. The number of hydrogen-bond acceptors (Lipinski definition) is 8. The molecule has 0 aromatic carbocycles. The van der Waals surface area contributed by atoms with Crippen LogP contribution < -0.4 is 16.2 Å². The third-order valence-electron chi connectivity index (χ3n) is 5.02. The van der Waals surface area contributed by atoms with Crippen LogP contribution >= 0.6 is 0 Å². The summed E-state index contributed by atoms with van der Waals surface area (Å²) in [5.74, 6) is -0.00575. The molecule has 0 bridgehead atoms. The number of nitrogens with two attached hydrogens (primary N) is 1. The fourth-order valence-electron chi connectivity index (χ4n) is 3.54. The van der Waals surface area contributed by atoms with Gasteiger partial charge in [-0.3, -0.25) is 14.3 Å². The molecule has 10 heteroatoms. The second-order valence-electron chi connectivity index (χ2n) is 6.94. The van der Waals surface area contributed by atoms with Crippen LogP contribution in [0, 0.1) is 0 Å². The summed E-state index contributed by atoms with van der Waals surface area (Å²) in [5, 5.41) is 0. The van der Waals surface area contributed by atoms with E-state index >= 15 is 0 Å². The first-order chi connectivity index (χ1) is 13.5. The number of fused-ring (bicyclic) bond motifs is 1. The number of anilines is 1. The lowest BCUT2D eigenvalue weighted by Crippen LogP contribution is -2.37. The van der Waals surface area contributed by atoms with E-state index in [9.17, 15) is 9.59 Å². The molecule has 3 heterocycles. The minimum atomic E-state index is -0.285. The first-order valence-corrected chi connectivity index (χ1v) is 9.75. The fourth-order valence-corrected chi connectivity index (χ4v) is 3.54. The van der Waals surface area contributed by atoms with Crippen LogP contribution in [-0.2, 0) is 16.1 Å². The number of carbonyl (C=O) groups is 1. The Bertz CT molecular complexity index is 877. The highest BCUT2D eigenvalue weighted by Gasteiger charge is 2.30. The van der Waals surface area contributed by atoms with E-state index < -0.39 is 0 Å². The van der Waals surface area contributed by atoms with Gasteiger partial charge in [0, 0.05) is 13.1 Å². The zero-order valence-corrected chi connectivity index (χ0v) is 16.4. The highest BCUT2D eigenvalue weighted by Crippen LogP contribution is 2.20. The molecule has 3 N–H and O–H groups in total. The number of nitrogens with zero attached hydrogens (tertiary/aromatic N) is 4. The van der Waals surface area contributed by atoms with E-state index in [1.807, 2.05) is 0 Å².